The number of primary amides is 1. The molecule has 1 aliphatic rings. The molecule has 1 aromatic carbocycles. The summed E-state index contributed by atoms with van der Waals surface area (Å²) in [6.45, 7) is 3.54. The lowest BCUT2D eigenvalue weighted by Crippen LogP contribution is -2.40. The molecule has 33 heavy (non-hydrogen) atoms. The predicted octanol–water partition coefficient (Wildman–Crippen LogP) is 2.44. The number of nitrogens with zero attached hydrogens (tertiary/aromatic N) is 3. The fourth-order valence-electron chi connectivity index (χ4n) is 3.79. The quantitative estimate of drug-likeness (QED) is 0.589. The van der Waals surface area contributed by atoms with Crippen molar-refractivity contribution in [2.75, 3.05) is 44.4 Å². The van der Waals surface area contributed by atoms with E-state index >= 15 is 0 Å². The lowest BCUT2D eigenvalue weighted by molar-refractivity contribution is -0.130. The summed E-state index contributed by atoms with van der Waals surface area (Å²) >= 11 is 0. The number of halogens is 1. The number of nitrogens with one attached hydrogen (secondary N) is 2. The van der Waals surface area contributed by atoms with Crippen molar-refractivity contribution in [2.45, 2.75) is 19.8 Å². The normalized spacial score (nSPS) is 15.6. The summed E-state index contributed by atoms with van der Waals surface area (Å²) in [7, 11) is 3.11. The molecule has 2 aromatic rings. The van der Waals surface area contributed by atoms with Gasteiger partial charge in [-0.05, 0) is 37.0 Å². The lowest BCUT2D eigenvalue weighted by atomic mass is 9.97. The van der Waals surface area contributed by atoms with E-state index in [-0.39, 0.29) is 23.0 Å². The van der Waals surface area contributed by atoms with Gasteiger partial charge in [-0.2, -0.15) is 0 Å². The molecule has 0 radical (unpaired) electrons. The van der Waals surface area contributed by atoms with Gasteiger partial charge in [-0.25, -0.2) is 9.37 Å². The van der Waals surface area contributed by atoms with Crippen LogP contribution in [-0.4, -0.2) is 66.2 Å². The standard InChI is InChI=1S/C23H29FN6O3/c1-14(31)30-8-4-5-15(13-30)11-26-20-10-21(27-12-18(20)22(25)32)28-16-6-7-17(19(24)9-16)23(33)29(2)3/h6-7,9-10,12,15H,4-5,8,11,13H2,1-3H3,(H2,25,32)(H2,26,27,28). The Morgan fingerprint density at radius 3 is 2.64 bits per heavy atom. The minimum absolute atomic E-state index is 0.0305. The minimum Gasteiger partial charge on any atom is -0.384 e. The summed E-state index contributed by atoms with van der Waals surface area (Å²) in [4.78, 5) is 42.9. The van der Waals surface area contributed by atoms with E-state index in [9.17, 15) is 18.8 Å². The van der Waals surface area contributed by atoms with Crippen molar-refractivity contribution in [1.82, 2.24) is 14.8 Å². The molecule has 3 amide bonds. The molecule has 0 spiro atoms. The highest BCUT2D eigenvalue weighted by atomic mass is 19.1. The molecule has 176 valence electrons. The van der Waals surface area contributed by atoms with E-state index in [0.717, 1.165) is 19.4 Å². The average molecular weight is 457 g/mol. The van der Waals surface area contributed by atoms with Crippen LogP contribution in [0.1, 0.15) is 40.5 Å². The number of hydrogen-bond donors (Lipinski definition) is 3. The number of rotatable bonds is 7. The van der Waals surface area contributed by atoms with Crippen molar-refractivity contribution in [3.8, 4) is 0 Å². The van der Waals surface area contributed by atoms with Gasteiger partial charge < -0.3 is 26.2 Å². The second kappa shape index (κ2) is 10.3. The van der Waals surface area contributed by atoms with Crippen LogP contribution >= 0.6 is 0 Å². The highest BCUT2D eigenvalue weighted by molar-refractivity contribution is 5.98. The van der Waals surface area contributed by atoms with E-state index in [4.69, 9.17) is 5.73 Å². The van der Waals surface area contributed by atoms with Gasteiger partial charge in [0.2, 0.25) is 5.91 Å². The van der Waals surface area contributed by atoms with Gasteiger partial charge in [-0.15, -0.1) is 0 Å². The van der Waals surface area contributed by atoms with E-state index in [1.165, 1.54) is 23.2 Å². The number of carbonyl (C=O) groups excluding carboxylic acids is 3. The van der Waals surface area contributed by atoms with Gasteiger partial charge in [0.05, 0.1) is 16.8 Å². The van der Waals surface area contributed by atoms with E-state index in [0.29, 0.717) is 30.3 Å². The van der Waals surface area contributed by atoms with Crippen LogP contribution < -0.4 is 16.4 Å². The van der Waals surface area contributed by atoms with Gasteiger partial charge in [-0.3, -0.25) is 14.4 Å². The van der Waals surface area contributed by atoms with Crippen molar-refractivity contribution in [3.05, 3.63) is 47.4 Å². The monoisotopic (exact) mass is 456 g/mol. The second-order valence-corrected chi connectivity index (χ2v) is 8.35. The van der Waals surface area contributed by atoms with Crippen LogP contribution in [0.25, 0.3) is 0 Å². The van der Waals surface area contributed by atoms with Crippen LogP contribution in [0.5, 0.6) is 0 Å². The zero-order valence-corrected chi connectivity index (χ0v) is 19.0. The largest absolute Gasteiger partial charge is 0.384 e. The Balaban J connectivity index is 1.75. The van der Waals surface area contributed by atoms with E-state index < -0.39 is 17.6 Å². The number of hydrogen-bond acceptors (Lipinski definition) is 6. The SMILES string of the molecule is CC(=O)N1CCCC(CNc2cc(Nc3ccc(C(=O)N(C)C)c(F)c3)ncc2C(N)=O)C1. The maximum atomic E-state index is 14.4. The van der Waals surface area contributed by atoms with Crippen LogP contribution in [0.2, 0.25) is 0 Å². The molecule has 0 saturated carbocycles. The molecule has 3 rings (SSSR count). The summed E-state index contributed by atoms with van der Waals surface area (Å²) in [5.41, 5.74) is 6.60. The third-order valence-electron chi connectivity index (χ3n) is 5.59. The van der Waals surface area contributed by atoms with Crippen molar-refractivity contribution >= 4 is 34.9 Å². The van der Waals surface area contributed by atoms with E-state index in [2.05, 4.69) is 15.6 Å². The maximum Gasteiger partial charge on any atom is 0.256 e. The smallest absolute Gasteiger partial charge is 0.256 e. The number of benzene rings is 1. The second-order valence-electron chi connectivity index (χ2n) is 8.35. The summed E-state index contributed by atoms with van der Waals surface area (Å²) in [6.07, 6.45) is 3.25. The Morgan fingerprint density at radius 1 is 1.24 bits per heavy atom. The third kappa shape index (κ3) is 5.97. The summed E-state index contributed by atoms with van der Waals surface area (Å²) < 4.78 is 14.4. The first-order chi connectivity index (χ1) is 15.7. The molecular formula is C23H29FN6O3. The molecular weight excluding hydrogens is 427 g/mol. The van der Waals surface area contributed by atoms with Gasteiger partial charge in [0.25, 0.3) is 11.8 Å². The molecule has 1 saturated heterocycles. The van der Waals surface area contributed by atoms with Gasteiger partial charge in [0, 0.05) is 58.6 Å². The Labute approximate surface area is 192 Å². The number of amides is 3. The Hall–Kier alpha value is -3.69. The molecule has 1 fully saturated rings. The highest BCUT2D eigenvalue weighted by Gasteiger charge is 2.22. The van der Waals surface area contributed by atoms with Crippen LogP contribution in [0.4, 0.5) is 21.6 Å². The number of nitrogens with two attached hydrogens (primary N) is 1. The maximum absolute atomic E-state index is 14.4. The van der Waals surface area contributed by atoms with Crippen molar-refractivity contribution < 1.29 is 18.8 Å². The van der Waals surface area contributed by atoms with Crippen molar-refractivity contribution in [3.63, 3.8) is 0 Å². The Morgan fingerprint density at radius 2 is 2.00 bits per heavy atom. The van der Waals surface area contributed by atoms with Gasteiger partial charge in [0.15, 0.2) is 0 Å². The minimum atomic E-state index is -0.655. The topological polar surface area (TPSA) is 121 Å². The molecule has 1 atom stereocenters. The van der Waals surface area contributed by atoms with Crippen LogP contribution in [0, 0.1) is 11.7 Å². The van der Waals surface area contributed by atoms with Crippen molar-refractivity contribution in [2.24, 2.45) is 11.7 Å². The third-order valence-corrected chi connectivity index (χ3v) is 5.59. The van der Waals surface area contributed by atoms with Gasteiger partial charge >= 0.3 is 0 Å². The van der Waals surface area contributed by atoms with E-state index in [1.807, 2.05) is 4.90 Å². The fraction of sp³-hybridized carbons (Fsp3) is 0.391. The number of anilines is 3. The van der Waals surface area contributed by atoms with Crippen LogP contribution in [0.15, 0.2) is 30.5 Å². The zero-order chi connectivity index (χ0) is 24.1. The van der Waals surface area contributed by atoms with Crippen LogP contribution in [-0.2, 0) is 4.79 Å². The molecule has 0 bridgehead atoms. The number of aromatic nitrogens is 1. The molecule has 4 N–H and O–H groups in total. The van der Waals surface area contributed by atoms with E-state index in [1.54, 1.807) is 33.2 Å². The first-order valence-electron chi connectivity index (χ1n) is 10.7. The Bertz CT molecular complexity index is 1060. The highest BCUT2D eigenvalue weighted by Crippen LogP contribution is 2.24. The van der Waals surface area contributed by atoms with Gasteiger partial charge in [0.1, 0.15) is 11.6 Å². The summed E-state index contributed by atoms with van der Waals surface area (Å²) in [5.74, 6) is -1.04. The predicted molar refractivity (Wildman–Crippen MR) is 124 cm³/mol. The van der Waals surface area contributed by atoms with Crippen LogP contribution in [0.3, 0.4) is 0 Å². The fourth-order valence-corrected chi connectivity index (χ4v) is 3.79. The molecule has 1 aliphatic heterocycles. The molecule has 9 nitrogen and oxygen atoms in total. The van der Waals surface area contributed by atoms with Gasteiger partial charge in [-0.1, -0.05) is 0 Å². The first-order valence-corrected chi connectivity index (χ1v) is 10.7. The molecule has 10 heteroatoms. The molecule has 0 aliphatic carbocycles. The number of carbonyl (C=O) groups is 3. The number of likely N-dealkylation sites (tertiary alicyclic amines) is 1. The summed E-state index contributed by atoms with van der Waals surface area (Å²) in [5, 5.41) is 6.24. The first kappa shape index (κ1) is 24.0. The van der Waals surface area contributed by atoms with Crippen molar-refractivity contribution in [1.29, 1.82) is 0 Å². The lowest BCUT2D eigenvalue weighted by Gasteiger charge is -2.32. The molecule has 1 aromatic heterocycles. The summed E-state index contributed by atoms with van der Waals surface area (Å²) in [6, 6.07) is 5.82. The zero-order valence-electron chi connectivity index (χ0n) is 19.0. The average Bonchev–Trinajstić information content (AvgIpc) is 2.77. The molecule has 2 heterocycles. The molecule has 1 unspecified atom stereocenters. The Kier molecular flexibility index (Phi) is 7.47. The number of piperidine rings is 1. The number of pyridine rings is 1.